The molecule has 0 aromatic carbocycles. The van der Waals surface area contributed by atoms with Crippen LogP contribution in [-0.2, 0) is 42.9 Å². The van der Waals surface area contributed by atoms with E-state index in [1.165, 1.54) is 109 Å². The maximum absolute atomic E-state index is 13.1. The lowest BCUT2D eigenvalue weighted by molar-refractivity contribution is -0.301. The lowest BCUT2D eigenvalue weighted by Crippen LogP contribution is -2.61. The van der Waals surface area contributed by atoms with Crippen molar-refractivity contribution in [3.8, 4) is 0 Å². The first-order valence-corrected chi connectivity index (χ1v) is 30.3. The van der Waals surface area contributed by atoms with Crippen LogP contribution in [0, 0.1) is 0 Å². The van der Waals surface area contributed by atoms with Gasteiger partial charge in [-0.15, -0.1) is 0 Å². The Morgan fingerprint density at radius 3 is 1.33 bits per heavy atom. The number of carbonyl (C=O) groups is 4. The Bertz CT molecular complexity index is 1540. The Morgan fingerprint density at radius 1 is 0.453 bits per heavy atom. The normalized spacial score (nSPS) is 18.5. The van der Waals surface area contributed by atoms with E-state index in [-0.39, 0.29) is 25.9 Å². The number of unbranched alkanes of at least 4 members (excludes halogenated alkanes) is 27. The first kappa shape index (κ1) is 69.4. The molecule has 0 spiro atoms. The maximum atomic E-state index is 13.1. The van der Waals surface area contributed by atoms with E-state index < -0.39 is 67.3 Å². The number of carbonyl (C=O) groups excluding carboxylic acids is 3. The summed E-state index contributed by atoms with van der Waals surface area (Å²) in [7, 11) is 0. The predicted octanol–water partition coefficient (Wildman–Crippen LogP) is 15.6. The van der Waals surface area contributed by atoms with Crippen LogP contribution in [-0.4, -0.2) is 89.2 Å². The Hall–Kier alpha value is -3.58. The van der Waals surface area contributed by atoms with Crippen LogP contribution >= 0.6 is 0 Å². The highest BCUT2D eigenvalue weighted by Gasteiger charge is 2.50. The van der Waals surface area contributed by atoms with Crippen molar-refractivity contribution in [1.29, 1.82) is 0 Å². The number of rotatable bonds is 51. The highest BCUT2D eigenvalue weighted by molar-refractivity contribution is 5.74. The van der Waals surface area contributed by atoms with Crippen LogP contribution in [0.4, 0.5) is 0 Å². The average molecular weight is 1060 g/mol. The molecule has 12 nitrogen and oxygen atoms in total. The third-order valence-electron chi connectivity index (χ3n) is 13.6. The van der Waals surface area contributed by atoms with Gasteiger partial charge in [0.2, 0.25) is 0 Å². The van der Waals surface area contributed by atoms with Crippen molar-refractivity contribution in [1.82, 2.24) is 0 Å². The van der Waals surface area contributed by atoms with Crippen LogP contribution < -0.4 is 0 Å². The van der Waals surface area contributed by atoms with Crippen LogP contribution in [0.1, 0.15) is 265 Å². The summed E-state index contributed by atoms with van der Waals surface area (Å²) in [6, 6.07) is 0. The minimum atomic E-state index is -1.91. The van der Waals surface area contributed by atoms with Crippen molar-refractivity contribution in [2.24, 2.45) is 0 Å². The lowest BCUT2D eigenvalue weighted by atomic mass is 9.98. The zero-order chi connectivity index (χ0) is 54.7. The van der Waals surface area contributed by atoms with Gasteiger partial charge < -0.3 is 39.0 Å². The van der Waals surface area contributed by atoms with Crippen molar-refractivity contribution < 1.29 is 58.2 Å². The quantitative estimate of drug-likeness (QED) is 0.0228. The third-order valence-corrected chi connectivity index (χ3v) is 13.6. The second kappa shape index (κ2) is 51.2. The van der Waals surface area contributed by atoms with E-state index in [9.17, 15) is 34.5 Å². The molecule has 0 bridgehead atoms. The molecule has 75 heavy (non-hydrogen) atoms. The van der Waals surface area contributed by atoms with Gasteiger partial charge in [-0.1, -0.05) is 223 Å². The largest absolute Gasteiger partial charge is 0.479 e. The van der Waals surface area contributed by atoms with Gasteiger partial charge in [0, 0.05) is 19.3 Å². The smallest absolute Gasteiger partial charge is 0.335 e. The molecule has 1 aliphatic rings. The maximum Gasteiger partial charge on any atom is 0.335 e. The van der Waals surface area contributed by atoms with Gasteiger partial charge in [-0.2, -0.15) is 0 Å². The summed E-state index contributed by atoms with van der Waals surface area (Å²) in [5.74, 6) is -3.17. The summed E-state index contributed by atoms with van der Waals surface area (Å²) in [5, 5.41) is 31.5. The molecule has 1 aliphatic heterocycles. The van der Waals surface area contributed by atoms with Crippen LogP contribution in [0.25, 0.3) is 0 Å². The molecule has 6 unspecified atom stereocenters. The Morgan fingerprint density at radius 2 is 0.840 bits per heavy atom. The SMILES string of the molecule is CC/C=C\C/C=C\C/C=C\C/C=C\CCCCC(=O)OC(COC(=O)CCCCCCCCCCCCCCCCCCC)COC1OC(C(=O)O)C(O)C(O)C1OC(=O)CCCCCCC/C=C\CCCCCC. The van der Waals surface area contributed by atoms with E-state index in [1.807, 2.05) is 0 Å². The molecule has 0 aromatic rings. The Balaban J connectivity index is 2.70. The van der Waals surface area contributed by atoms with E-state index >= 15 is 0 Å². The molecular formula is C63H108O12. The van der Waals surface area contributed by atoms with Gasteiger partial charge in [0.25, 0.3) is 0 Å². The number of esters is 3. The molecule has 1 rings (SSSR count). The fourth-order valence-corrected chi connectivity index (χ4v) is 8.94. The Kier molecular flexibility index (Phi) is 47.4. The molecular weight excluding hydrogens is 949 g/mol. The number of ether oxygens (including phenoxy) is 5. The number of allylic oxidation sites excluding steroid dienone is 10. The number of aliphatic hydroxyl groups excluding tert-OH is 2. The second-order valence-corrected chi connectivity index (χ2v) is 20.6. The Labute approximate surface area is 456 Å². The molecule has 432 valence electrons. The van der Waals surface area contributed by atoms with E-state index in [1.54, 1.807) is 0 Å². The van der Waals surface area contributed by atoms with Gasteiger partial charge in [0.05, 0.1) is 6.61 Å². The van der Waals surface area contributed by atoms with Crippen molar-refractivity contribution >= 4 is 23.9 Å². The van der Waals surface area contributed by atoms with Crippen LogP contribution in [0.2, 0.25) is 0 Å². The lowest BCUT2D eigenvalue weighted by Gasteiger charge is -2.40. The van der Waals surface area contributed by atoms with Gasteiger partial charge >= 0.3 is 23.9 Å². The van der Waals surface area contributed by atoms with Gasteiger partial charge in [0.1, 0.15) is 18.8 Å². The minimum Gasteiger partial charge on any atom is -0.479 e. The van der Waals surface area contributed by atoms with Crippen molar-refractivity contribution in [3.05, 3.63) is 60.8 Å². The average Bonchev–Trinajstić information content (AvgIpc) is 3.39. The number of hydrogen-bond acceptors (Lipinski definition) is 11. The summed E-state index contributed by atoms with van der Waals surface area (Å²) in [4.78, 5) is 51.1. The summed E-state index contributed by atoms with van der Waals surface area (Å²) in [6.45, 7) is 5.84. The number of carboxylic acids is 1. The highest BCUT2D eigenvalue weighted by atomic mass is 16.7. The summed E-state index contributed by atoms with van der Waals surface area (Å²) in [6.07, 6.45) is 50.5. The number of aliphatic hydroxyl groups is 2. The van der Waals surface area contributed by atoms with Crippen LogP contribution in [0.3, 0.4) is 0 Å². The van der Waals surface area contributed by atoms with E-state index in [0.29, 0.717) is 19.3 Å². The monoisotopic (exact) mass is 1060 g/mol. The fraction of sp³-hybridized carbons (Fsp3) is 0.778. The molecule has 0 aromatic heterocycles. The summed E-state index contributed by atoms with van der Waals surface area (Å²) in [5.41, 5.74) is 0. The van der Waals surface area contributed by atoms with Crippen LogP contribution in [0.15, 0.2) is 60.8 Å². The van der Waals surface area contributed by atoms with Gasteiger partial charge in [0.15, 0.2) is 24.6 Å². The fourth-order valence-electron chi connectivity index (χ4n) is 8.94. The molecule has 1 fully saturated rings. The highest BCUT2D eigenvalue weighted by Crippen LogP contribution is 2.26. The first-order chi connectivity index (χ1) is 36.6. The van der Waals surface area contributed by atoms with E-state index in [2.05, 4.69) is 81.5 Å². The molecule has 12 heteroatoms. The number of carboxylic acid groups (broad SMARTS) is 1. The standard InChI is InChI=1S/C63H108O12/c1-4-7-10-13-16-19-22-25-27-28-30-32-34-37-40-43-46-49-55(64)71-52-54(73-56(65)50-47-44-41-38-36-33-29-26-23-20-17-14-11-8-5-2)53-72-63-61(59(68)58(67)60(75-63)62(69)70)74-57(66)51-48-45-42-39-35-31-24-21-18-15-12-9-6-3/h8,11,17,20-21,24,26,29,36,38,54,58-61,63,67-68H,4-7,9-10,12-16,18-19,22-23,25,27-28,30-35,37,39-53H2,1-3H3,(H,69,70)/b11-8-,20-17-,24-21-,29-26-,38-36-. The number of aliphatic carboxylic acids is 1. The van der Waals surface area contributed by atoms with E-state index in [4.69, 9.17) is 23.7 Å². The van der Waals surface area contributed by atoms with Crippen molar-refractivity contribution in [3.63, 3.8) is 0 Å². The molecule has 0 radical (unpaired) electrons. The zero-order valence-electron chi connectivity index (χ0n) is 47.5. The molecule has 1 saturated heterocycles. The summed E-state index contributed by atoms with van der Waals surface area (Å²) >= 11 is 0. The zero-order valence-corrected chi connectivity index (χ0v) is 47.5. The first-order valence-electron chi connectivity index (χ1n) is 30.3. The van der Waals surface area contributed by atoms with Crippen molar-refractivity contribution in [2.75, 3.05) is 13.2 Å². The van der Waals surface area contributed by atoms with Crippen LogP contribution in [0.5, 0.6) is 0 Å². The van der Waals surface area contributed by atoms with Gasteiger partial charge in [-0.25, -0.2) is 4.79 Å². The van der Waals surface area contributed by atoms with Crippen molar-refractivity contribution in [2.45, 2.75) is 302 Å². The molecule has 1 heterocycles. The molecule has 0 amide bonds. The molecule has 3 N–H and O–H groups in total. The molecule has 0 saturated carbocycles. The van der Waals surface area contributed by atoms with Gasteiger partial charge in [-0.05, 0) is 83.5 Å². The van der Waals surface area contributed by atoms with E-state index in [0.717, 1.165) is 96.3 Å². The topological polar surface area (TPSA) is 175 Å². The molecule has 0 aliphatic carbocycles. The second-order valence-electron chi connectivity index (χ2n) is 20.6. The number of hydrogen-bond donors (Lipinski definition) is 3. The third kappa shape index (κ3) is 41.2. The summed E-state index contributed by atoms with van der Waals surface area (Å²) < 4.78 is 28.4. The van der Waals surface area contributed by atoms with Gasteiger partial charge in [-0.3, -0.25) is 14.4 Å². The predicted molar refractivity (Wildman–Crippen MR) is 303 cm³/mol. The minimum absolute atomic E-state index is 0.0456. The molecule has 6 atom stereocenters.